The van der Waals surface area contributed by atoms with Crippen molar-refractivity contribution in [1.82, 2.24) is 15.6 Å². The van der Waals surface area contributed by atoms with Crippen molar-refractivity contribution in [1.29, 1.82) is 0 Å². The van der Waals surface area contributed by atoms with Gasteiger partial charge in [0.15, 0.2) is 0 Å². The first-order valence-corrected chi connectivity index (χ1v) is 6.78. The standard InChI is InChI=1S/C14H14FN3O2/c15-13-3-8-6-17-11(4-12(8)20-13)14(19)18-10-2-7-1-9(10)16-5-7/h3-4,6-7,9-10,16H,1-2,5H2,(H,18,19). The van der Waals surface area contributed by atoms with E-state index in [4.69, 9.17) is 4.42 Å². The number of amides is 1. The van der Waals surface area contributed by atoms with Crippen molar-refractivity contribution in [2.45, 2.75) is 24.9 Å². The maximum atomic E-state index is 13.0. The Bertz CT molecular complexity index is 684. The van der Waals surface area contributed by atoms with Gasteiger partial charge >= 0.3 is 0 Å². The molecular weight excluding hydrogens is 261 g/mol. The van der Waals surface area contributed by atoms with Gasteiger partial charge in [-0.2, -0.15) is 4.39 Å². The third-order valence-electron chi connectivity index (χ3n) is 4.25. The Kier molecular flexibility index (Phi) is 2.53. The van der Waals surface area contributed by atoms with Crippen molar-refractivity contribution < 1.29 is 13.6 Å². The quantitative estimate of drug-likeness (QED) is 0.870. The molecule has 0 aromatic carbocycles. The van der Waals surface area contributed by atoms with Gasteiger partial charge in [-0.1, -0.05) is 0 Å². The van der Waals surface area contributed by atoms with Crippen LogP contribution < -0.4 is 10.6 Å². The Morgan fingerprint density at radius 1 is 1.45 bits per heavy atom. The first-order chi connectivity index (χ1) is 9.69. The van der Waals surface area contributed by atoms with Crippen LogP contribution in [0.2, 0.25) is 0 Å². The number of pyridine rings is 1. The molecule has 1 saturated carbocycles. The first kappa shape index (κ1) is 11.8. The number of fused-ring (bicyclic) bond motifs is 3. The van der Waals surface area contributed by atoms with Gasteiger partial charge in [-0.25, -0.2) is 0 Å². The van der Waals surface area contributed by atoms with Crippen LogP contribution in [0.4, 0.5) is 4.39 Å². The molecule has 5 nitrogen and oxygen atoms in total. The van der Waals surface area contributed by atoms with Crippen molar-refractivity contribution >= 4 is 16.9 Å². The molecule has 1 aliphatic carbocycles. The van der Waals surface area contributed by atoms with Gasteiger partial charge in [-0.15, -0.1) is 0 Å². The van der Waals surface area contributed by atoms with Crippen LogP contribution in [0.3, 0.4) is 0 Å². The molecule has 2 N–H and O–H groups in total. The second-order valence-corrected chi connectivity index (χ2v) is 5.59. The van der Waals surface area contributed by atoms with E-state index in [9.17, 15) is 9.18 Å². The van der Waals surface area contributed by atoms with Gasteiger partial charge in [0.1, 0.15) is 11.3 Å². The van der Waals surface area contributed by atoms with Gasteiger partial charge in [0.25, 0.3) is 11.9 Å². The van der Waals surface area contributed by atoms with Crippen LogP contribution in [0.25, 0.3) is 11.0 Å². The molecule has 2 aliphatic rings. The fourth-order valence-corrected chi connectivity index (χ4v) is 3.28. The summed E-state index contributed by atoms with van der Waals surface area (Å²) in [6.45, 7) is 1.05. The predicted octanol–water partition coefficient (Wildman–Crippen LogP) is 1.45. The van der Waals surface area contributed by atoms with Gasteiger partial charge in [0.05, 0.1) is 0 Å². The van der Waals surface area contributed by atoms with Crippen LogP contribution in [0.1, 0.15) is 23.3 Å². The summed E-state index contributed by atoms with van der Waals surface area (Å²) < 4.78 is 17.9. The number of nitrogens with one attached hydrogen (secondary N) is 2. The molecule has 3 heterocycles. The number of rotatable bonds is 2. The molecular formula is C14H14FN3O2. The first-order valence-electron chi connectivity index (χ1n) is 6.78. The van der Waals surface area contributed by atoms with Gasteiger partial charge < -0.3 is 15.1 Å². The van der Waals surface area contributed by atoms with Crippen LogP contribution in [0, 0.1) is 11.9 Å². The minimum atomic E-state index is -0.670. The van der Waals surface area contributed by atoms with Gasteiger partial charge in [-0.3, -0.25) is 9.78 Å². The number of hydrogen-bond donors (Lipinski definition) is 2. The average Bonchev–Trinajstić information content (AvgIpc) is 3.10. The predicted molar refractivity (Wildman–Crippen MR) is 69.7 cm³/mol. The summed E-state index contributed by atoms with van der Waals surface area (Å²) in [6, 6.07) is 2.59. The fraction of sp³-hybridized carbons (Fsp3) is 0.429. The second-order valence-electron chi connectivity index (χ2n) is 5.59. The van der Waals surface area contributed by atoms with E-state index in [0.29, 0.717) is 22.9 Å². The van der Waals surface area contributed by atoms with E-state index in [1.807, 2.05) is 0 Å². The lowest BCUT2D eigenvalue weighted by atomic mass is 10.1. The Morgan fingerprint density at radius 2 is 2.35 bits per heavy atom. The molecule has 2 bridgehead atoms. The maximum absolute atomic E-state index is 13.0. The van der Waals surface area contributed by atoms with Gasteiger partial charge in [-0.05, 0) is 25.3 Å². The molecule has 0 radical (unpaired) electrons. The highest BCUT2D eigenvalue weighted by Gasteiger charge is 2.40. The Hall–Kier alpha value is -1.95. The number of nitrogens with zero attached hydrogens (tertiary/aromatic N) is 1. The fourth-order valence-electron chi connectivity index (χ4n) is 3.28. The molecule has 3 unspecified atom stereocenters. The van der Waals surface area contributed by atoms with Gasteiger partial charge in [0.2, 0.25) is 0 Å². The van der Waals surface area contributed by atoms with Gasteiger partial charge in [0, 0.05) is 35.8 Å². The molecule has 2 fully saturated rings. The van der Waals surface area contributed by atoms with Crippen LogP contribution in [-0.2, 0) is 0 Å². The molecule has 2 aromatic heterocycles. The lowest BCUT2D eigenvalue weighted by Crippen LogP contribution is -2.48. The third-order valence-corrected chi connectivity index (χ3v) is 4.25. The zero-order valence-corrected chi connectivity index (χ0v) is 10.7. The van der Waals surface area contributed by atoms with E-state index >= 15 is 0 Å². The molecule has 1 saturated heterocycles. The van der Waals surface area contributed by atoms with Crippen LogP contribution in [0.15, 0.2) is 22.7 Å². The summed E-state index contributed by atoms with van der Waals surface area (Å²) in [5.41, 5.74) is 0.600. The molecule has 104 valence electrons. The normalized spacial score (nSPS) is 28.1. The van der Waals surface area contributed by atoms with Crippen LogP contribution in [-0.4, -0.2) is 29.5 Å². The molecule has 20 heavy (non-hydrogen) atoms. The van der Waals surface area contributed by atoms with E-state index < -0.39 is 6.01 Å². The van der Waals surface area contributed by atoms with Crippen molar-refractivity contribution in [2.75, 3.05) is 6.54 Å². The second kappa shape index (κ2) is 4.28. The maximum Gasteiger partial charge on any atom is 0.278 e. The minimum Gasteiger partial charge on any atom is -0.431 e. The highest BCUT2D eigenvalue weighted by atomic mass is 19.1. The van der Waals surface area contributed by atoms with E-state index in [2.05, 4.69) is 15.6 Å². The van der Waals surface area contributed by atoms with Crippen molar-refractivity contribution in [3.63, 3.8) is 0 Å². The molecule has 3 atom stereocenters. The van der Waals surface area contributed by atoms with E-state index in [1.165, 1.54) is 18.3 Å². The lowest BCUT2D eigenvalue weighted by molar-refractivity contribution is 0.0923. The summed E-state index contributed by atoms with van der Waals surface area (Å²) in [6.07, 6.45) is 3.59. The molecule has 1 aliphatic heterocycles. The van der Waals surface area contributed by atoms with E-state index in [1.54, 1.807) is 0 Å². The summed E-state index contributed by atoms with van der Waals surface area (Å²) in [7, 11) is 0. The van der Waals surface area contributed by atoms with Crippen LogP contribution >= 0.6 is 0 Å². The summed E-state index contributed by atoms with van der Waals surface area (Å²) in [5.74, 6) is 0.433. The third kappa shape index (κ3) is 1.87. The molecule has 6 heteroatoms. The molecule has 1 amide bonds. The number of halogens is 1. The SMILES string of the molecule is O=C(NC1CC2CNC1C2)c1cc2oc(F)cc2cn1. The summed E-state index contributed by atoms with van der Waals surface area (Å²) in [5, 5.41) is 6.95. The summed E-state index contributed by atoms with van der Waals surface area (Å²) >= 11 is 0. The number of hydrogen-bond acceptors (Lipinski definition) is 4. The minimum absolute atomic E-state index is 0.159. The number of aromatic nitrogens is 1. The van der Waals surface area contributed by atoms with Crippen LogP contribution in [0.5, 0.6) is 0 Å². The Labute approximate surface area is 114 Å². The Morgan fingerprint density at radius 3 is 3.10 bits per heavy atom. The number of piperidine rings is 1. The molecule has 0 spiro atoms. The monoisotopic (exact) mass is 275 g/mol. The highest BCUT2D eigenvalue weighted by Crippen LogP contribution is 2.31. The molecule has 2 aromatic rings. The number of carbonyl (C=O) groups excluding carboxylic acids is 1. The van der Waals surface area contributed by atoms with Crippen molar-refractivity contribution in [3.05, 3.63) is 30.0 Å². The Balaban J connectivity index is 1.54. The molecule has 4 rings (SSSR count). The zero-order chi connectivity index (χ0) is 13.7. The lowest BCUT2D eigenvalue weighted by Gasteiger charge is -2.23. The zero-order valence-electron chi connectivity index (χ0n) is 10.7. The number of carbonyl (C=O) groups is 1. The highest BCUT2D eigenvalue weighted by molar-refractivity contribution is 5.95. The largest absolute Gasteiger partial charge is 0.431 e. The van der Waals surface area contributed by atoms with E-state index in [0.717, 1.165) is 19.4 Å². The van der Waals surface area contributed by atoms with Crippen molar-refractivity contribution in [3.8, 4) is 0 Å². The van der Waals surface area contributed by atoms with E-state index in [-0.39, 0.29) is 17.6 Å². The van der Waals surface area contributed by atoms with Crippen molar-refractivity contribution in [2.24, 2.45) is 5.92 Å². The average molecular weight is 275 g/mol. The smallest absolute Gasteiger partial charge is 0.278 e. The number of furan rings is 1. The topological polar surface area (TPSA) is 67.2 Å². The summed E-state index contributed by atoms with van der Waals surface area (Å²) in [4.78, 5) is 16.3.